The second-order valence-corrected chi connectivity index (χ2v) is 16.9. The third-order valence-electron chi connectivity index (χ3n) is 8.40. The van der Waals surface area contributed by atoms with E-state index in [1.165, 1.54) is 11.0 Å². The van der Waals surface area contributed by atoms with E-state index in [1.807, 2.05) is 36.4 Å². The van der Waals surface area contributed by atoms with Crippen molar-refractivity contribution in [2.75, 3.05) is 55.0 Å². The highest BCUT2D eigenvalue weighted by molar-refractivity contribution is 6.99. The maximum Gasteiger partial charge on any atom is 0.434 e. The highest BCUT2D eigenvalue weighted by atomic mass is 28.4. The molecule has 6 rings (SSSR count). The Morgan fingerprint density at radius 2 is 1.58 bits per heavy atom. The van der Waals surface area contributed by atoms with Gasteiger partial charge in [0.1, 0.15) is 11.9 Å². The van der Waals surface area contributed by atoms with Gasteiger partial charge in [0.15, 0.2) is 5.69 Å². The van der Waals surface area contributed by atoms with Crippen molar-refractivity contribution < 1.29 is 31.9 Å². The van der Waals surface area contributed by atoms with Gasteiger partial charge in [-0.05, 0) is 0 Å². The molecule has 0 saturated carbocycles. The van der Waals surface area contributed by atoms with Crippen molar-refractivity contribution >= 4 is 42.5 Å². The van der Waals surface area contributed by atoms with Gasteiger partial charge in [0, 0.05) is 37.5 Å². The summed E-state index contributed by atoms with van der Waals surface area (Å²) in [5.74, 6) is -0.319. The van der Waals surface area contributed by atoms with Gasteiger partial charge in [-0.25, -0.2) is 19.7 Å². The number of nitrogen functional groups attached to an aromatic ring is 1. The average Bonchev–Trinajstić information content (AvgIpc) is 3.45. The summed E-state index contributed by atoms with van der Waals surface area (Å²) >= 11 is 0. The number of carbonyl (C=O) groups is 1. The second kappa shape index (κ2) is 13.1. The van der Waals surface area contributed by atoms with Crippen LogP contribution in [-0.4, -0.2) is 79.9 Å². The zero-order chi connectivity index (χ0) is 34.1. The van der Waals surface area contributed by atoms with E-state index in [9.17, 15) is 18.0 Å². The molecule has 2 saturated heterocycles. The number of amides is 1. The fraction of sp³-hybridized carbons (Fsp3) is 0.364. The molecule has 2 aromatic carbocycles. The minimum Gasteiger partial charge on any atom is -0.555 e. The summed E-state index contributed by atoms with van der Waals surface area (Å²) in [7, 11) is -2.94. The lowest BCUT2D eigenvalue weighted by Gasteiger charge is -2.55. The Labute approximate surface area is 277 Å². The van der Waals surface area contributed by atoms with Crippen LogP contribution >= 0.6 is 0 Å². The van der Waals surface area contributed by atoms with E-state index in [2.05, 4.69) is 65.0 Å². The molecule has 2 aliphatic heterocycles. The number of morpholine rings is 1. The predicted molar refractivity (Wildman–Crippen MR) is 177 cm³/mol. The van der Waals surface area contributed by atoms with Crippen LogP contribution in [0, 0.1) is 0 Å². The lowest BCUT2D eigenvalue weighted by atomic mass is 10.1. The van der Waals surface area contributed by atoms with Gasteiger partial charge in [-0.1, -0.05) is 81.4 Å². The summed E-state index contributed by atoms with van der Waals surface area (Å²) < 4.78 is 60.5. The van der Waals surface area contributed by atoms with E-state index in [-0.39, 0.29) is 35.7 Å². The van der Waals surface area contributed by atoms with Crippen LogP contribution in [0.25, 0.3) is 11.3 Å². The van der Waals surface area contributed by atoms with Crippen molar-refractivity contribution in [2.24, 2.45) is 0 Å². The third-order valence-corrected chi connectivity index (χ3v) is 13.4. The number of nitrogens with two attached hydrogens (primary N) is 1. The molecule has 2 N–H and O–H groups in total. The third kappa shape index (κ3) is 6.57. The Hall–Kier alpha value is -4.60. The van der Waals surface area contributed by atoms with Crippen LogP contribution in [0.3, 0.4) is 0 Å². The summed E-state index contributed by atoms with van der Waals surface area (Å²) in [4.78, 5) is 32.8. The molecule has 2 aromatic heterocycles. The highest BCUT2D eigenvalue weighted by Gasteiger charge is 2.41. The molecule has 4 heterocycles. The lowest BCUT2D eigenvalue weighted by Crippen LogP contribution is -2.67. The van der Waals surface area contributed by atoms with E-state index < -0.39 is 43.9 Å². The van der Waals surface area contributed by atoms with Gasteiger partial charge < -0.3 is 24.5 Å². The van der Waals surface area contributed by atoms with Gasteiger partial charge in [0.2, 0.25) is 11.9 Å². The van der Waals surface area contributed by atoms with Gasteiger partial charge in [0.25, 0.3) is 0 Å². The number of hydrogen-bond acceptors (Lipinski definition) is 10. The number of rotatable bonds is 8. The Bertz CT molecular complexity index is 1710. The Kier molecular flexibility index (Phi) is 9.11. The molecule has 0 unspecified atom stereocenters. The number of hydrogen-bond donors (Lipinski definition) is 1. The number of halogens is 3. The molecule has 48 heavy (non-hydrogen) atoms. The van der Waals surface area contributed by atoms with E-state index in [1.54, 1.807) is 4.90 Å². The maximum absolute atomic E-state index is 14.1. The number of ether oxygens (including phenoxy) is 2. The summed E-state index contributed by atoms with van der Waals surface area (Å²) in [6.45, 7) is 8.19. The first-order valence-corrected chi connectivity index (χ1v) is 17.4. The van der Waals surface area contributed by atoms with Gasteiger partial charge in [-0.15, -0.1) is 5.04 Å². The van der Waals surface area contributed by atoms with Crippen molar-refractivity contribution in [2.45, 2.75) is 38.1 Å². The van der Waals surface area contributed by atoms with Crippen LogP contribution in [0.5, 0.6) is 0 Å². The molecule has 4 aromatic rings. The smallest absolute Gasteiger partial charge is 0.434 e. The van der Waals surface area contributed by atoms with E-state index in [0.29, 0.717) is 26.3 Å². The summed E-state index contributed by atoms with van der Waals surface area (Å²) in [5.41, 5.74) is 3.76. The Balaban J connectivity index is 1.34. The van der Waals surface area contributed by atoms with Crippen LogP contribution in [0.4, 0.5) is 35.7 Å². The van der Waals surface area contributed by atoms with Crippen molar-refractivity contribution in [1.82, 2.24) is 19.9 Å². The van der Waals surface area contributed by atoms with Crippen LogP contribution in [0.15, 0.2) is 72.9 Å². The summed E-state index contributed by atoms with van der Waals surface area (Å²) in [6, 6.07) is 21.5. The molecule has 253 valence electrons. The Morgan fingerprint density at radius 3 is 2.17 bits per heavy atom. The zero-order valence-corrected chi connectivity index (χ0v) is 27.8. The largest absolute Gasteiger partial charge is 0.555 e. The molecule has 15 heteroatoms. The summed E-state index contributed by atoms with van der Waals surface area (Å²) in [6.07, 6.45) is -5.25. The first-order chi connectivity index (χ1) is 22.9. The van der Waals surface area contributed by atoms with Crippen molar-refractivity contribution in [3.8, 4) is 11.3 Å². The molecular weight excluding hydrogens is 643 g/mol. The molecule has 1 atom stereocenters. The molecular formula is C33H36F3N7O4Si-. The predicted octanol–water partition coefficient (Wildman–Crippen LogP) is 4.27. The van der Waals surface area contributed by atoms with Crippen LogP contribution in [0.1, 0.15) is 26.5 Å². The van der Waals surface area contributed by atoms with Gasteiger partial charge in [-0.3, -0.25) is 4.90 Å². The number of alkyl halides is 3. The quantitative estimate of drug-likeness (QED) is 0.270. The molecule has 2 aliphatic rings. The van der Waals surface area contributed by atoms with Crippen LogP contribution in [0.2, 0.25) is 5.04 Å². The van der Waals surface area contributed by atoms with Gasteiger partial charge in [0.05, 0.1) is 33.8 Å². The fourth-order valence-corrected chi connectivity index (χ4v) is 10.8. The maximum atomic E-state index is 14.1. The minimum absolute atomic E-state index is 0.0560. The summed E-state index contributed by atoms with van der Waals surface area (Å²) in [5, 5.41) is 1.85. The van der Waals surface area contributed by atoms with Crippen molar-refractivity contribution in [1.29, 1.82) is 0 Å². The topological polar surface area (TPSA) is 129 Å². The van der Waals surface area contributed by atoms with E-state index in [0.717, 1.165) is 16.6 Å². The molecule has 0 spiro atoms. The van der Waals surface area contributed by atoms with Crippen LogP contribution in [-0.2, 0) is 20.1 Å². The molecule has 2 fully saturated rings. The fourth-order valence-electron chi connectivity index (χ4n) is 6.18. The lowest BCUT2D eigenvalue weighted by molar-refractivity contribution is -0.140. The van der Waals surface area contributed by atoms with Crippen molar-refractivity contribution in [3.05, 3.63) is 78.6 Å². The standard InChI is InChI=1S/C33H36F3N7O4Si/c1-32(2,3)48(23-10-6-4-7-11-23,24-12-8-5-9-13-24)46-21-22-20-43(31(44)47-22)27-18-26(39-30(40-27)42-14-16-45-17-15-42)25-19-38-29(37)41-28(25)33(34,35)36/h4-13,18-19,22H,14-17,20-21H2,1-3H3,(H2,37,38,41)/q-1/t22-/m0/s1. The first-order valence-electron chi connectivity index (χ1n) is 15.5. The van der Waals surface area contributed by atoms with Gasteiger partial charge in [-0.2, -0.15) is 28.5 Å². The molecule has 0 aliphatic carbocycles. The number of nitrogens with zero attached hydrogens (tertiary/aromatic N) is 6. The SMILES string of the molecule is CC(C)(C)[Si-](OC[C@@H]1CN(c2cc(-c3cnc(N)nc3C(F)(F)F)nc(N3CCOCC3)n2)C(=O)O1)(c1ccccc1)c1ccccc1. The number of carbonyl (C=O) groups excluding carboxylic acids is 1. The molecule has 1 amide bonds. The van der Waals surface area contributed by atoms with Gasteiger partial charge >= 0.3 is 12.3 Å². The number of benzene rings is 2. The van der Waals surface area contributed by atoms with Crippen LogP contribution < -0.4 is 25.9 Å². The molecule has 0 bridgehead atoms. The van der Waals surface area contributed by atoms with E-state index in [4.69, 9.17) is 19.6 Å². The van der Waals surface area contributed by atoms with Crippen molar-refractivity contribution in [3.63, 3.8) is 0 Å². The zero-order valence-electron chi connectivity index (χ0n) is 26.8. The normalized spacial score (nSPS) is 17.5. The number of anilines is 3. The van der Waals surface area contributed by atoms with E-state index >= 15 is 0 Å². The molecule has 11 nitrogen and oxygen atoms in total. The Morgan fingerprint density at radius 1 is 0.958 bits per heavy atom. The molecule has 0 radical (unpaired) electrons. The first kappa shape index (κ1) is 33.3. The number of cyclic esters (lactones) is 1. The monoisotopic (exact) mass is 679 g/mol. The minimum atomic E-state index is -4.84. The highest BCUT2D eigenvalue weighted by Crippen LogP contribution is 2.39. The average molecular weight is 680 g/mol. The second-order valence-electron chi connectivity index (χ2n) is 12.6. The number of aromatic nitrogens is 4.